The van der Waals surface area contributed by atoms with E-state index in [1.807, 2.05) is 18.2 Å². The lowest BCUT2D eigenvalue weighted by atomic mass is 10.0. The van der Waals surface area contributed by atoms with Gasteiger partial charge in [-0.15, -0.1) is 0 Å². The molecule has 2 atom stereocenters. The Morgan fingerprint density at radius 3 is 2.63 bits per heavy atom. The molecule has 0 bridgehead atoms. The van der Waals surface area contributed by atoms with Gasteiger partial charge >= 0.3 is 5.97 Å². The summed E-state index contributed by atoms with van der Waals surface area (Å²) < 4.78 is 11.1. The van der Waals surface area contributed by atoms with Crippen molar-refractivity contribution in [1.82, 2.24) is 0 Å². The molecule has 2 unspecified atom stereocenters. The Hall–Kier alpha value is -0.650. The number of hydrogen-bond acceptors (Lipinski definition) is 5. The van der Waals surface area contributed by atoms with Crippen molar-refractivity contribution >= 4 is 27.6 Å². The molecule has 0 amide bonds. The Kier molecular flexibility index (Phi) is 4.81. The van der Waals surface area contributed by atoms with E-state index in [-0.39, 0.29) is 22.9 Å². The van der Waals surface area contributed by atoms with Crippen molar-refractivity contribution in [3.63, 3.8) is 0 Å². The van der Waals surface area contributed by atoms with Gasteiger partial charge < -0.3 is 9.47 Å². The van der Waals surface area contributed by atoms with Gasteiger partial charge in [-0.3, -0.25) is 0 Å². The molecule has 1 saturated heterocycles. The molecule has 0 saturated carbocycles. The molecule has 0 aliphatic carbocycles. The Morgan fingerprint density at radius 2 is 2.00 bits per heavy atom. The summed E-state index contributed by atoms with van der Waals surface area (Å²) in [6.07, 6.45) is -0.301. The van der Waals surface area contributed by atoms with Crippen molar-refractivity contribution in [3.05, 3.63) is 35.9 Å². The summed E-state index contributed by atoms with van der Waals surface area (Å²) >= 11 is 0. The molecular weight excluding hydrogens is 280 g/mol. The highest BCUT2D eigenvalue weighted by atomic mass is 33.1. The highest BCUT2D eigenvalue weighted by Crippen LogP contribution is 2.46. The minimum atomic E-state index is -0.282. The van der Waals surface area contributed by atoms with Crippen LogP contribution in [0.15, 0.2) is 30.3 Å². The van der Waals surface area contributed by atoms with Crippen LogP contribution in [0.3, 0.4) is 0 Å². The van der Waals surface area contributed by atoms with Crippen LogP contribution in [0.2, 0.25) is 0 Å². The van der Waals surface area contributed by atoms with E-state index in [1.165, 1.54) is 0 Å². The predicted molar refractivity (Wildman–Crippen MR) is 80.6 cm³/mol. The molecule has 0 spiro atoms. The smallest absolute Gasteiger partial charge is 0.338 e. The summed E-state index contributed by atoms with van der Waals surface area (Å²) in [5, 5.41) is 0. The maximum Gasteiger partial charge on any atom is 0.338 e. The van der Waals surface area contributed by atoms with Crippen molar-refractivity contribution in [2.45, 2.75) is 30.8 Å². The van der Waals surface area contributed by atoms with Gasteiger partial charge in [0.25, 0.3) is 0 Å². The molecule has 5 heteroatoms. The van der Waals surface area contributed by atoms with Crippen LogP contribution in [0, 0.1) is 0 Å². The summed E-state index contributed by atoms with van der Waals surface area (Å²) in [5.41, 5.74) is 0.582. The molecule has 1 aromatic rings. The monoisotopic (exact) mass is 298 g/mol. The molecule has 1 fully saturated rings. The Balaban J connectivity index is 2.07. The predicted octanol–water partition coefficient (Wildman–Crippen LogP) is 3.40. The summed E-state index contributed by atoms with van der Waals surface area (Å²) in [4.78, 5) is 12.1. The number of hydrogen-bond donors (Lipinski definition) is 0. The van der Waals surface area contributed by atoms with Gasteiger partial charge in [0.1, 0.15) is 12.2 Å². The average molecular weight is 298 g/mol. The third-order valence-electron chi connectivity index (χ3n) is 3.05. The number of carbonyl (C=O) groups is 1. The maximum absolute atomic E-state index is 12.1. The van der Waals surface area contributed by atoms with Gasteiger partial charge in [0.05, 0.1) is 10.3 Å². The molecule has 1 aromatic carbocycles. The number of benzene rings is 1. The van der Waals surface area contributed by atoms with E-state index in [4.69, 9.17) is 9.47 Å². The first kappa shape index (κ1) is 14.8. The van der Waals surface area contributed by atoms with E-state index in [0.29, 0.717) is 5.56 Å². The molecule has 19 heavy (non-hydrogen) atoms. The number of methoxy groups -OCH3 is 1. The zero-order chi connectivity index (χ0) is 13.9. The van der Waals surface area contributed by atoms with E-state index in [1.54, 1.807) is 40.8 Å². The molecule has 1 aliphatic heterocycles. The first-order valence-electron chi connectivity index (χ1n) is 6.14. The summed E-state index contributed by atoms with van der Waals surface area (Å²) in [7, 11) is 5.18. The van der Waals surface area contributed by atoms with Crippen molar-refractivity contribution in [1.29, 1.82) is 0 Å². The first-order valence-corrected chi connectivity index (χ1v) is 8.46. The molecule has 104 valence electrons. The minimum absolute atomic E-state index is 0.0701. The van der Waals surface area contributed by atoms with Crippen LogP contribution in [-0.2, 0) is 9.47 Å². The van der Waals surface area contributed by atoms with Gasteiger partial charge in [-0.1, -0.05) is 39.8 Å². The lowest BCUT2D eigenvalue weighted by Crippen LogP contribution is -2.49. The van der Waals surface area contributed by atoms with E-state index in [9.17, 15) is 4.79 Å². The van der Waals surface area contributed by atoms with Crippen LogP contribution in [0.1, 0.15) is 24.2 Å². The fourth-order valence-corrected chi connectivity index (χ4v) is 5.04. The van der Waals surface area contributed by atoms with Gasteiger partial charge in [0, 0.05) is 12.9 Å². The van der Waals surface area contributed by atoms with Crippen molar-refractivity contribution < 1.29 is 14.3 Å². The third kappa shape index (κ3) is 3.46. The normalized spacial score (nSPS) is 25.8. The van der Waals surface area contributed by atoms with Crippen LogP contribution in [0.5, 0.6) is 0 Å². The second kappa shape index (κ2) is 6.20. The molecule has 0 radical (unpaired) electrons. The molecule has 2 rings (SSSR count). The summed E-state index contributed by atoms with van der Waals surface area (Å²) in [6.45, 7) is 4.22. The van der Waals surface area contributed by atoms with Crippen LogP contribution < -0.4 is 0 Å². The fraction of sp³-hybridized carbons (Fsp3) is 0.500. The highest BCUT2D eigenvalue weighted by molar-refractivity contribution is 8.77. The van der Waals surface area contributed by atoms with Gasteiger partial charge in [0.15, 0.2) is 0 Å². The Labute approximate surface area is 121 Å². The molecule has 3 nitrogen and oxygen atoms in total. The molecule has 1 aliphatic rings. The number of esters is 1. The zero-order valence-corrected chi connectivity index (χ0v) is 12.9. The van der Waals surface area contributed by atoms with Crippen LogP contribution in [0.25, 0.3) is 0 Å². The lowest BCUT2D eigenvalue weighted by molar-refractivity contribution is -0.0379. The van der Waals surface area contributed by atoms with Gasteiger partial charge in [0.2, 0.25) is 0 Å². The van der Waals surface area contributed by atoms with Gasteiger partial charge in [-0.05, 0) is 26.0 Å². The van der Waals surface area contributed by atoms with Crippen LogP contribution in [-0.4, -0.2) is 35.8 Å². The number of carbonyl (C=O) groups excluding carboxylic acids is 1. The highest BCUT2D eigenvalue weighted by Gasteiger charge is 2.43. The fourth-order valence-electron chi connectivity index (χ4n) is 2.15. The largest absolute Gasteiger partial charge is 0.455 e. The second-order valence-corrected chi connectivity index (χ2v) is 7.93. The molecular formula is C14H18O3S2. The molecule has 0 aromatic heterocycles. The minimum Gasteiger partial charge on any atom is -0.455 e. The first-order chi connectivity index (χ1) is 9.04. The molecule has 0 N–H and O–H groups in total. The molecule has 1 heterocycles. The van der Waals surface area contributed by atoms with Crippen LogP contribution >= 0.6 is 21.6 Å². The van der Waals surface area contributed by atoms with Gasteiger partial charge in [-0.25, -0.2) is 4.79 Å². The SMILES string of the molecule is COC1C(OC(=O)c2ccccc2)CSSC1(C)C. The zero-order valence-electron chi connectivity index (χ0n) is 11.3. The summed E-state index contributed by atoms with van der Waals surface area (Å²) in [5.74, 6) is 0.474. The summed E-state index contributed by atoms with van der Waals surface area (Å²) in [6, 6.07) is 9.07. The van der Waals surface area contributed by atoms with Crippen molar-refractivity contribution in [3.8, 4) is 0 Å². The van der Waals surface area contributed by atoms with Crippen molar-refractivity contribution in [2.24, 2.45) is 0 Å². The van der Waals surface area contributed by atoms with Gasteiger partial charge in [-0.2, -0.15) is 0 Å². The average Bonchev–Trinajstić information content (AvgIpc) is 2.39. The maximum atomic E-state index is 12.1. The lowest BCUT2D eigenvalue weighted by Gasteiger charge is -2.40. The Bertz CT molecular complexity index is 434. The van der Waals surface area contributed by atoms with E-state index in [2.05, 4.69) is 13.8 Å². The van der Waals surface area contributed by atoms with E-state index >= 15 is 0 Å². The van der Waals surface area contributed by atoms with Crippen LogP contribution in [0.4, 0.5) is 0 Å². The van der Waals surface area contributed by atoms with E-state index < -0.39 is 0 Å². The standard InChI is InChI=1S/C14H18O3S2/c1-14(2)12(16-3)11(9-18-19-14)17-13(15)10-7-5-4-6-8-10/h4-8,11-12H,9H2,1-3H3. The Morgan fingerprint density at radius 1 is 1.32 bits per heavy atom. The van der Waals surface area contributed by atoms with Crippen molar-refractivity contribution in [2.75, 3.05) is 12.9 Å². The second-order valence-electron chi connectivity index (χ2n) is 4.94. The number of rotatable bonds is 3. The number of ether oxygens (including phenoxy) is 2. The topological polar surface area (TPSA) is 35.5 Å². The third-order valence-corrected chi connectivity index (χ3v) is 6.35. The van der Waals surface area contributed by atoms with E-state index in [0.717, 1.165) is 5.75 Å². The quantitative estimate of drug-likeness (QED) is 0.631.